The summed E-state index contributed by atoms with van der Waals surface area (Å²) < 4.78 is 13.0. The maximum atomic E-state index is 14.2. The maximum Gasteiger partial charge on any atom is 0.481 e. The number of nitrogens with one attached hydrogen (secondary N) is 5. The quantitative estimate of drug-likeness (QED) is 0.0402. The number of carbonyl (C=O) groups excluding carboxylic acids is 5. The lowest BCUT2D eigenvalue weighted by atomic mass is 9.43. The van der Waals surface area contributed by atoms with Crippen LogP contribution in [-0.2, 0) is 47.7 Å². The molecule has 3 aliphatic carbocycles. The van der Waals surface area contributed by atoms with Crippen LogP contribution in [0, 0.1) is 17.3 Å². The largest absolute Gasteiger partial charge is 0.504 e. The second-order valence-electron chi connectivity index (χ2n) is 20.5. The van der Waals surface area contributed by atoms with Gasteiger partial charge in [0.1, 0.15) is 24.2 Å². The van der Waals surface area contributed by atoms with Crippen LogP contribution in [0.25, 0.3) is 11.1 Å². The molecule has 0 spiro atoms. The van der Waals surface area contributed by atoms with Gasteiger partial charge in [0.15, 0.2) is 23.0 Å². The first-order valence-electron chi connectivity index (χ1n) is 25.0. The third kappa shape index (κ3) is 12.0. The number of rotatable bonds is 21. The van der Waals surface area contributed by atoms with Gasteiger partial charge in [-0.05, 0) is 141 Å². The molecule has 5 amide bonds. The van der Waals surface area contributed by atoms with Crippen molar-refractivity contribution >= 4 is 36.7 Å². The molecule has 1 unspecified atom stereocenters. The maximum absolute atomic E-state index is 14.2. The second-order valence-corrected chi connectivity index (χ2v) is 20.5. The molecule has 4 aromatic carbocycles. The third-order valence-electron chi connectivity index (χ3n) is 15.1. The zero-order valence-electron chi connectivity index (χ0n) is 41.9. The monoisotopic (exact) mass is 989 g/mol. The highest BCUT2D eigenvalue weighted by molar-refractivity contribution is 6.47. The zero-order chi connectivity index (χ0) is 52.1. The van der Waals surface area contributed by atoms with E-state index in [1.54, 1.807) is 19.1 Å². The minimum Gasteiger partial charge on any atom is -0.504 e. The number of phenolic OH excluding ortho intramolecular Hbond substituents is 4. The lowest BCUT2D eigenvalue weighted by Gasteiger charge is -2.64. The van der Waals surface area contributed by atoms with E-state index < -0.39 is 89.6 Å². The first kappa shape index (κ1) is 53.2. The Bertz CT molecular complexity index is 2610. The van der Waals surface area contributed by atoms with Gasteiger partial charge in [0.05, 0.1) is 17.6 Å². The number of aromatic hydroxyl groups is 4. The smallest absolute Gasteiger partial charge is 0.481 e. The van der Waals surface area contributed by atoms with E-state index in [1.807, 2.05) is 24.3 Å². The molecule has 1 heterocycles. The van der Waals surface area contributed by atoms with E-state index >= 15 is 0 Å². The number of phenols is 4. The fraction of sp³-hybridized carbons (Fsp3) is 0.463. The van der Waals surface area contributed by atoms with Gasteiger partial charge < -0.3 is 62.1 Å². The topological polar surface area (TPSA) is 271 Å². The molecule has 18 heteroatoms. The molecule has 72 heavy (non-hydrogen) atoms. The fourth-order valence-corrected chi connectivity index (χ4v) is 10.5. The molecule has 0 aromatic heterocycles. The number of benzene rings is 4. The van der Waals surface area contributed by atoms with Crippen molar-refractivity contribution in [2.75, 3.05) is 6.54 Å². The molecular formula is C54H69BN6O11. The van der Waals surface area contributed by atoms with Crippen molar-refractivity contribution in [3.05, 3.63) is 107 Å². The highest BCUT2D eigenvalue weighted by Crippen LogP contribution is 2.65. The van der Waals surface area contributed by atoms with Crippen LogP contribution in [0.1, 0.15) is 101 Å². The van der Waals surface area contributed by atoms with Gasteiger partial charge >= 0.3 is 7.12 Å². The standard InChI is InChI=1S/C54H69BN6O11/c1-7-8-9-32-10-14-35(15-11-32)36-16-18-37(19-17-36)49(67)59-39(22-23-56)50(68)61-40(24-33-12-20-42(62)44(64)26-33)51(69)57-30(2)48(66)60-41(25-34-13-21-43(63)45(65)27-34)52(70)58-31(3)55-71-47-29-38-28-46(53(38,4)5)54(47,6)72-55/h10-21,26-27,30-31,38-41,46-47,62-65H,7-9,22-25,28-29,56H2,1-6H3,(H,57,69)(H,58,70)(H,59,67)(H,60,66)(H,61,68)/t30-,31-,38-,39-,40-,41-,46-,47?,54-/m0/s1. The summed E-state index contributed by atoms with van der Waals surface area (Å²) in [5.74, 6) is -5.00. The predicted octanol–water partition coefficient (Wildman–Crippen LogP) is 4.70. The highest BCUT2D eigenvalue weighted by atomic mass is 16.7. The Balaban J connectivity index is 1.03. The summed E-state index contributed by atoms with van der Waals surface area (Å²) in [5, 5.41) is 54.2. The summed E-state index contributed by atoms with van der Waals surface area (Å²) in [7, 11) is -0.762. The van der Waals surface area contributed by atoms with Crippen molar-refractivity contribution in [2.45, 2.75) is 135 Å². The minimum absolute atomic E-state index is 0.00256. The Morgan fingerprint density at radius 1 is 0.667 bits per heavy atom. The van der Waals surface area contributed by atoms with Crippen molar-refractivity contribution in [1.82, 2.24) is 26.6 Å². The predicted molar refractivity (Wildman–Crippen MR) is 272 cm³/mol. The summed E-state index contributed by atoms with van der Waals surface area (Å²) in [4.78, 5) is 69.9. The van der Waals surface area contributed by atoms with Crippen LogP contribution in [0.2, 0.25) is 0 Å². The van der Waals surface area contributed by atoms with E-state index in [-0.39, 0.29) is 48.6 Å². The van der Waals surface area contributed by atoms with Crippen molar-refractivity contribution < 1.29 is 53.7 Å². The molecule has 8 rings (SSSR count). The van der Waals surface area contributed by atoms with Gasteiger partial charge in [0.2, 0.25) is 23.6 Å². The number of unbranched alkanes of at least 4 members (excludes halogenated alkanes) is 1. The molecule has 1 saturated heterocycles. The zero-order valence-corrected chi connectivity index (χ0v) is 41.9. The number of hydrogen-bond acceptors (Lipinski definition) is 12. The van der Waals surface area contributed by atoms with Gasteiger partial charge in [-0.1, -0.05) is 75.7 Å². The Morgan fingerprint density at radius 3 is 1.74 bits per heavy atom. The van der Waals surface area contributed by atoms with Gasteiger partial charge in [-0.2, -0.15) is 0 Å². The number of carbonyl (C=O) groups is 5. The van der Waals surface area contributed by atoms with Crippen LogP contribution in [0.5, 0.6) is 23.0 Å². The molecule has 1 aliphatic heterocycles. The van der Waals surface area contributed by atoms with Crippen LogP contribution in [-0.4, -0.2) is 105 Å². The van der Waals surface area contributed by atoms with Crippen molar-refractivity contribution in [2.24, 2.45) is 23.0 Å². The summed E-state index contributed by atoms with van der Waals surface area (Å²) in [6.45, 7) is 11.9. The number of hydrogen-bond donors (Lipinski definition) is 10. The lowest BCUT2D eigenvalue weighted by Crippen LogP contribution is -2.65. The van der Waals surface area contributed by atoms with Crippen molar-refractivity contribution in [3.8, 4) is 34.1 Å². The fourth-order valence-electron chi connectivity index (χ4n) is 10.5. The van der Waals surface area contributed by atoms with Crippen LogP contribution in [0.15, 0.2) is 84.9 Å². The molecule has 2 bridgehead atoms. The first-order valence-corrected chi connectivity index (χ1v) is 25.0. The van der Waals surface area contributed by atoms with E-state index in [4.69, 9.17) is 15.0 Å². The van der Waals surface area contributed by atoms with Crippen molar-refractivity contribution in [1.29, 1.82) is 0 Å². The molecule has 3 saturated carbocycles. The summed E-state index contributed by atoms with van der Waals surface area (Å²) in [6.07, 6.45) is 4.64. The average molecular weight is 989 g/mol. The SMILES string of the molecule is CCCCc1ccc(-c2ccc(C(=O)N[C@@H](CCN)C(=O)N[C@@H](Cc3ccc(O)c(O)c3)C(=O)N[C@@H](C)C(=O)N[C@@H](Cc3ccc(O)c(O)c3)C(=O)N[C@@H](C)B3OC4C[C@@H]5C[C@@H](C5(C)C)[C@]4(C)O3)cc2)cc1. The summed E-state index contributed by atoms with van der Waals surface area (Å²) in [5.41, 5.74) is 9.66. The molecule has 9 atom stereocenters. The molecule has 17 nitrogen and oxygen atoms in total. The molecule has 384 valence electrons. The van der Waals surface area contributed by atoms with Gasteiger partial charge in [-0.15, -0.1) is 0 Å². The number of nitrogens with two attached hydrogens (primary N) is 1. The molecule has 4 aromatic rings. The van der Waals surface area contributed by atoms with E-state index in [2.05, 4.69) is 66.4 Å². The molecule has 11 N–H and O–H groups in total. The summed E-state index contributed by atoms with van der Waals surface area (Å²) >= 11 is 0. The average Bonchev–Trinajstić information content (AvgIpc) is 3.72. The van der Waals surface area contributed by atoms with Crippen LogP contribution < -0.4 is 32.3 Å². The molecule has 0 radical (unpaired) electrons. The second kappa shape index (κ2) is 22.4. The minimum atomic E-state index is -1.39. The van der Waals surface area contributed by atoms with Gasteiger partial charge in [0, 0.05) is 18.4 Å². The first-order chi connectivity index (χ1) is 34.2. The lowest BCUT2D eigenvalue weighted by molar-refractivity contribution is -0.199. The Hall–Kier alpha value is -6.63. The van der Waals surface area contributed by atoms with E-state index in [0.29, 0.717) is 23.0 Å². The molecular weight excluding hydrogens is 919 g/mol. The van der Waals surface area contributed by atoms with Gasteiger partial charge in [-0.3, -0.25) is 24.0 Å². The highest BCUT2D eigenvalue weighted by Gasteiger charge is 2.68. The number of aryl methyl sites for hydroxylation is 1. The molecule has 4 aliphatic rings. The number of amides is 5. The van der Waals surface area contributed by atoms with E-state index in [0.717, 1.165) is 43.2 Å². The van der Waals surface area contributed by atoms with E-state index in [9.17, 15) is 44.4 Å². The van der Waals surface area contributed by atoms with Crippen LogP contribution >= 0.6 is 0 Å². The Morgan fingerprint density at radius 2 is 1.19 bits per heavy atom. The summed E-state index contributed by atoms with van der Waals surface area (Å²) in [6, 6.07) is 18.0. The Labute approximate surface area is 421 Å². The van der Waals surface area contributed by atoms with Gasteiger partial charge in [-0.25, -0.2) is 0 Å². The van der Waals surface area contributed by atoms with Crippen LogP contribution in [0.4, 0.5) is 0 Å². The molecule has 4 fully saturated rings. The van der Waals surface area contributed by atoms with E-state index in [1.165, 1.54) is 48.9 Å². The Kier molecular flexibility index (Phi) is 16.6. The van der Waals surface area contributed by atoms with Gasteiger partial charge in [0.25, 0.3) is 5.91 Å². The van der Waals surface area contributed by atoms with Crippen molar-refractivity contribution in [3.63, 3.8) is 0 Å². The van der Waals surface area contributed by atoms with Crippen LogP contribution in [0.3, 0.4) is 0 Å². The third-order valence-corrected chi connectivity index (χ3v) is 15.1. The normalized spacial score (nSPS) is 21.7.